The third kappa shape index (κ3) is 3.61. The lowest BCUT2D eigenvalue weighted by atomic mass is 10.2. The van der Waals surface area contributed by atoms with E-state index in [2.05, 4.69) is 34.1 Å². The molecule has 0 aliphatic heterocycles. The van der Waals surface area contributed by atoms with Crippen molar-refractivity contribution in [1.29, 1.82) is 0 Å². The van der Waals surface area contributed by atoms with Gasteiger partial charge < -0.3 is 5.32 Å². The molecule has 92 valence electrons. The second-order valence-corrected chi connectivity index (χ2v) is 5.77. The molecule has 1 aromatic carbocycles. The number of fused-ring (bicyclic) bond motifs is 1. The van der Waals surface area contributed by atoms with Gasteiger partial charge in [-0.1, -0.05) is 18.6 Å². The molecule has 1 aromatic heterocycles. The summed E-state index contributed by atoms with van der Waals surface area (Å²) in [5.74, 6) is 1.28. The zero-order valence-electron chi connectivity index (χ0n) is 10.1. The number of hydrogen-bond donors (Lipinski definition) is 1. The maximum absolute atomic E-state index is 4.42. The van der Waals surface area contributed by atoms with Gasteiger partial charge in [0.1, 0.15) is 5.00 Å². The molecule has 0 saturated heterocycles. The van der Waals surface area contributed by atoms with Gasteiger partial charge in [0.25, 0.3) is 0 Å². The lowest BCUT2D eigenvalue weighted by Gasteiger charge is -2.03. The molecule has 17 heavy (non-hydrogen) atoms. The van der Waals surface area contributed by atoms with Crippen LogP contribution in [-0.4, -0.2) is 22.9 Å². The number of unbranched alkanes of at least 4 members (excludes halogenated alkanes) is 2. The number of hydrogen-bond acceptors (Lipinski definition) is 4. The van der Waals surface area contributed by atoms with E-state index in [4.69, 9.17) is 0 Å². The van der Waals surface area contributed by atoms with Crippen molar-refractivity contribution in [3.05, 3.63) is 24.3 Å². The Bertz CT molecular complexity index is 453. The van der Waals surface area contributed by atoms with E-state index < -0.39 is 0 Å². The zero-order chi connectivity index (χ0) is 11.9. The number of thioether (sulfide) groups is 1. The van der Waals surface area contributed by atoms with E-state index in [1.54, 1.807) is 11.5 Å². The first-order valence-electron chi connectivity index (χ1n) is 5.99. The van der Waals surface area contributed by atoms with Gasteiger partial charge >= 0.3 is 0 Å². The maximum Gasteiger partial charge on any atom is 0.117 e. The molecule has 2 aromatic rings. The van der Waals surface area contributed by atoms with Crippen LogP contribution in [0.5, 0.6) is 0 Å². The number of aromatic nitrogens is 1. The second-order valence-electron chi connectivity index (χ2n) is 4.01. The first-order valence-corrected chi connectivity index (χ1v) is 8.16. The van der Waals surface area contributed by atoms with Gasteiger partial charge in [0.2, 0.25) is 0 Å². The first kappa shape index (κ1) is 12.7. The Labute approximate surface area is 111 Å². The van der Waals surface area contributed by atoms with E-state index >= 15 is 0 Å². The smallest absolute Gasteiger partial charge is 0.117 e. The van der Waals surface area contributed by atoms with Gasteiger partial charge in [0.05, 0.1) is 5.52 Å². The molecule has 4 heteroatoms. The summed E-state index contributed by atoms with van der Waals surface area (Å²) in [5.41, 5.74) is 1.10. The van der Waals surface area contributed by atoms with Crippen LogP contribution in [0.25, 0.3) is 10.9 Å². The number of nitrogens with one attached hydrogen (secondary N) is 1. The number of anilines is 1. The van der Waals surface area contributed by atoms with Crippen molar-refractivity contribution < 1.29 is 0 Å². The molecule has 1 N–H and O–H groups in total. The monoisotopic (exact) mass is 266 g/mol. The van der Waals surface area contributed by atoms with E-state index in [1.165, 1.54) is 35.4 Å². The molecule has 2 nitrogen and oxygen atoms in total. The minimum Gasteiger partial charge on any atom is -0.375 e. The van der Waals surface area contributed by atoms with Crippen molar-refractivity contribution in [3.8, 4) is 0 Å². The number of benzene rings is 1. The second kappa shape index (κ2) is 6.87. The summed E-state index contributed by atoms with van der Waals surface area (Å²) in [7, 11) is 0. The van der Waals surface area contributed by atoms with Gasteiger partial charge in [-0.05, 0) is 48.5 Å². The fourth-order valence-electron chi connectivity index (χ4n) is 1.77. The normalized spacial score (nSPS) is 10.9. The lowest BCUT2D eigenvalue weighted by Crippen LogP contribution is -2.00. The van der Waals surface area contributed by atoms with E-state index in [1.807, 2.05) is 17.8 Å². The molecule has 2 rings (SSSR count). The Hall–Kier alpha value is -0.740. The summed E-state index contributed by atoms with van der Waals surface area (Å²) in [6.45, 7) is 1.06. The molecule has 0 aliphatic carbocycles. The van der Waals surface area contributed by atoms with Crippen LogP contribution in [0.3, 0.4) is 0 Å². The summed E-state index contributed by atoms with van der Waals surface area (Å²) >= 11 is 3.50. The first-order chi connectivity index (χ1) is 8.42. The highest BCUT2D eigenvalue weighted by Gasteiger charge is 2.03. The molecule has 0 bridgehead atoms. The summed E-state index contributed by atoms with van der Waals surface area (Å²) in [5, 5.41) is 5.96. The van der Waals surface area contributed by atoms with Crippen LogP contribution in [-0.2, 0) is 0 Å². The van der Waals surface area contributed by atoms with Gasteiger partial charge in [-0.3, -0.25) is 0 Å². The highest BCUT2D eigenvalue weighted by Crippen LogP contribution is 2.27. The van der Waals surface area contributed by atoms with Crippen LogP contribution in [0.2, 0.25) is 0 Å². The molecular weight excluding hydrogens is 248 g/mol. The SMILES string of the molecule is CSCCCCCNc1snc2ccccc12. The van der Waals surface area contributed by atoms with Crippen LogP contribution >= 0.6 is 23.3 Å². The molecule has 0 saturated carbocycles. The van der Waals surface area contributed by atoms with Crippen molar-refractivity contribution in [2.75, 3.05) is 23.9 Å². The molecule has 1 heterocycles. The molecule has 0 atom stereocenters. The lowest BCUT2D eigenvalue weighted by molar-refractivity contribution is 0.751. The average Bonchev–Trinajstić information content (AvgIpc) is 2.77. The molecule has 0 radical (unpaired) electrons. The van der Waals surface area contributed by atoms with E-state index in [9.17, 15) is 0 Å². The minimum absolute atomic E-state index is 1.06. The van der Waals surface area contributed by atoms with E-state index in [-0.39, 0.29) is 0 Å². The van der Waals surface area contributed by atoms with E-state index in [0.717, 1.165) is 12.1 Å². The Kier molecular flexibility index (Phi) is 5.13. The molecule has 0 spiro atoms. The summed E-state index contributed by atoms with van der Waals surface area (Å²) in [6.07, 6.45) is 6.05. The quantitative estimate of drug-likeness (QED) is 0.759. The summed E-state index contributed by atoms with van der Waals surface area (Å²) in [4.78, 5) is 0. The fraction of sp³-hybridized carbons (Fsp3) is 0.462. The van der Waals surface area contributed by atoms with Crippen molar-refractivity contribution >= 4 is 39.2 Å². The van der Waals surface area contributed by atoms with Gasteiger partial charge in [0, 0.05) is 11.9 Å². The van der Waals surface area contributed by atoms with Crippen LogP contribution in [0, 0.1) is 0 Å². The zero-order valence-corrected chi connectivity index (χ0v) is 11.7. The van der Waals surface area contributed by atoms with E-state index in [0.29, 0.717) is 0 Å². The summed E-state index contributed by atoms with van der Waals surface area (Å²) < 4.78 is 4.42. The average molecular weight is 266 g/mol. The standard InChI is InChI=1S/C13H18N2S2/c1-16-10-6-2-5-9-14-13-11-7-3-4-8-12(11)15-17-13/h3-4,7-8,14H,2,5-6,9-10H2,1H3. The maximum atomic E-state index is 4.42. The third-order valence-electron chi connectivity index (χ3n) is 2.69. The van der Waals surface area contributed by atoms with Crippen molar-refractivity contribution in [3.63, 3.8) is 0 Å². The van der Waals surface area contributed by atoms with Crippen LogP contribution in [0.4, 0.5) is 5.00 Å². The molecule has 0 amide bonds. The van der Waals surface area contributed by atoms with Crippen molar-refractivity contribution in [2.24, 2.45) is 0 Å². The largest absolute Gasteiger partial charge is 0.375 e. The van der Waals surface area contributed by atoms with Gasteiger partial charge in [-0.2, -0.15) is 16.1 Å². The Balaban J connectivity index is 1.79. The Morgan fingerprint density at radius 3 is 3.00 bits per heavy atom. The van der Waals surface area contributed by atoms with Gasteiger partial charge in [-0.15, -0.1) is 0 Å². The predicted molar refractivity (Wildman–Crippen MR) is 80.3 cm³/mol. The van der Waals surface area contributed by atoms with Crippen molar-refractivity contribution in [1.82, 2.24) is 4.37 Å². The fourth-order valence-corrected chi connectivity index (χ4v) is 3.05. The Morgan fingerprint density at radius 2 is 2.12 bits per heavy atom. The summed E-state index contributed by atoms with van der Waals surface area (Å²) in [6, 6.07) is 8.30. The van der Waals surface area contributed by atoms with Crippen molar-refractivity contribution in [2.45, 2.75) is 19.3 Å². The third-order valence-corrected chi connectivity index (χ3v) is 4.23. The molecular formula is C13H18N2S2. The Morgan fingerprint density at radius 1 is 1.24 bits per heavy atom. The molecule has 0 fully saturated rings. The molecule has 0 unspecified atom stereocenters. The van der Waals surface area contributed by atoms with Gasteiger partial charge in [-0.25, -0.2) is 0 Å². The molecule has 0 aliphatic rings. The minimum atomic E-state index is 1.06. The highest BCUT2D eigenvalue weighted by molar-refractivity contribution is 7.98. The highest BCUT2D eigenvalue weighted by atomic mass is 32.2. The van der Waals surface area contributed by atoms with Crippen LogP contribution < -0.4 is 5.32 Å². The topological polar surface area (TPSA) is 24.9 Å². The predicted octanol–water partition coefficient (Wildman–Crippen LogP) is 4.24. The number of nitrogens with zero attached hydrogens (tertiary/aromatic N) is 1. The van der Waals surface area contributed by atoms with Gasteiger partial charge in [0.15, 0.2) is 0 Å². The van der Waals surface area contributed by atoms with Crippen LogP contribution in [0.1, 0.15) is 19.3 Å². The number of rotatable bonds is 7. The van der Waals surface area contributed by atoms with Crippen LogP contribution in [0.15, 0.2) is 24.3 Å².